The molecule has 2 aromatic rings. The van der Waals surface area contributed by atoms with Crippen LogP contribution in [0.5, 0.6) is 0 Å². The summed E-state index contributed by atoms with van der Waals surface area (Å²) in [7, 11) is 0. The molecule has 0 aliphatic heterocycles. The zero-order valence-corrected chi connectivity index (χ0v) is 13.5. The highest BCUT2D eigenvalue weighted by atomic mass is 16.1. The summed E-state index contributed by atoms with van der Waals surface area (Å²) < 4.78 is 0. The average Bonchev–Trinajstić information content (AvgIpc) is 2.50. The minimum Gasteiger partial charge on any atom is -0.325 e. The normalized spacial score (nSPS) is 12.2. The van der Waals surface area contributed by atoms with Crippen LogP contribution in [-0.4, -0.2) is 12.5 Å². The van der Waals surface area contributed by atoms with Crippen LogP contribution in [0.1, 0.15) is 31.0 Å². The molecule has 0 bridgehead atoms. The maximum atomic E-state index is 12.1. The van der Waals surface area contributed by atoms with Gasteiger partial charge in [0.05, 0.1) is 6.54 Å². The molecule has 3 nitrogen and oxygen atoms in total. The first-order chi connectivity index (χ1) is 10.6. The second kappa shape index (κ2) is 7.76. The van der Waals surface area contributed by atoms with Gasteiger partial charge in [0.25, 0.3) is 0 Å². The number of carbonyl (C=O) groups is 1. The smallest absolute Gasteiger partial charge is 0.238 e. The fourth-order valence-corrected chi connectivity index (χ4v) is 2.44. The van der Waals surface area contributed by atoms with Gasteiger partial charge < -0.3 is 10.6 Å². The second-order valence-electron chi connectivity index (χ2n) is 5.93. The topological polar surface area (TPSA) is 41.1 Å². The van der Waals surface area contributed by atoms with Gasteiger partial charge in [-0.25, -0.2) is 0 Å². The molecule has 0 radical (unpaired) electrons. The van der Waals surface area contributed by atoms with Crippen LogP contribution in [0.3, 0.4) is 0 Å². The highest BCUT2D eigenvalue weighted by molar-refractivity contribution is 5.92. The van der Waals surface area contributed by atoms with E-state index >= 15 is 0 Å². The molecular formula is C19H24N2O. The van der Waals surface area contributed by atoms with Crippen molar-refractivity contribution >= 4 is 11.6 Å². The molecule has 2 N–H and O–H groups in total. The predicted molar refractivity (Wildman–Crippen MR) is 91.8 cm³/mol. The van der Waals surface area contributed by atoms with Crippen molar-refractivity contribution in [3.05, 3.63) is 65.7 Å². The molecule has 0 fully saturated rings. The number of anilines is 1. The molecular weight excluding hydrogens is 272 g/mol. The molecule has 0 aliphatic rings. The Balaban J connectivity index is 1.92. The maximum Gasteiger partial charge on any atom is 0.238 e. The number of hydrogen-bond acceptors (Lipinski definition) is 2. The first kappa shape index (κ1) is 16.2. The molecule has 0 aromatic heterocycles. The average molecular weight is 296 g/mol. The van der Waals surface area contributed by atoms with Crippen LogP contribution < -0.4 is 10.6 Å². The zero-order valence-electron chi connectivity index (χ0n) is 13.5. The summed E-state index contributed by atoms with van der Waals surface area (Å²) >= 11 is 0. The van der Waals surface area contributed by atoms with Gasteiger partial charge in [0.15, 0.2) is 0 Å². The summed E-state index contributed by atoms with van der Waals surface area (Å²) in [6, 6.07) is 18.2. The molecule has 1 amide bonds. The van der Waals surface area contributed by atoms with Gasteiger partial charge in [0.1, 0.15) is 0 Å². The van der Waals surface area contributed by atoms with E-state index in [0.29, 0.717) is 12.5 Å². The van der Waals surface area contributed by atoms with Crippen molar-refractivity contribution in [3.8, 4) is 0 Å². The SMILES string of the molecule is Cc1ccc(NC(=O)CN[C@@H](c2ccccc2)C(C)C)cc1. The van der Waals surface area contributed by atoms with Crippen LogP contribution in [0, 0.1) is 12.8 Å². The Morgan fingerprint density at radius 3 is 2.23 bits per heavy atom. The number of benzene rings is 2. The quantitative estimate of drug-likeness (QED) is 0.848. The van der Waals surface area contributed by atoms with Gasteiger partial charge in [0, 0.05) is 11.7 Å². The third kappa shape index (κ3) is 4.71. The van der Waals surface area contributed by atoms with Crippen LogP contribution >= 0.6 is 0 Å². The number of hydrogen-bond donors (Lipinski definition) is 2. The summed E-state index contributed by atoms with van der Waals surface area (Å²) in [5.41, 5.74) is 3.22. The van der Waals surface area contributed by atoms with Crippen LogP contribution in [0.15, 0.2) is 54.6 Å². The Morgan fingerprint density at radius 1 is 1.00 bits per heavy atom. The maximum absolute atomic E-state index is 12.1. The van der Waals surface area contributed by atoms with Gasteiger partial charge in [0.2, 0.25) is 5.91 Å². The van der Waals surface area contributed by atoms with Gasteiger partial charge in [-0.3, -0.25) is 4.79 Å². The number of nitrogens with one attached hydrogen (secondary N) is 2. The van der Waals surface area contributed by atoms with E-state index in [1.807, 2.05) is 49.4 Å². The highest BCUT2D eigenvalue weighted by Gasteiger charge is 2.16. The Morgan fingerprint density at radius 2 is 1.64 bits per heavy atom. The summed E-state index contributed by atoms with van der Waals surface area (Å²) in [6.07, 6.45) is 0. The van der Waals surface area contributed by atoms with Crippen LogP contribution in [0.2, 0.25) is 0 Å². The largest absolute Gasteiger partial charge is 0.325 e. The number of carbonyl (C=O) groups excluding carboxylic acids is 1. The Labute approximate surface area is 132 Å². The van der Waals surface area contributed by atoms with Crippen molar-refractivity contribution in [2.45, 2.75) is 26.8 Å². The second-order valence-corrected chi connectivity index (χ2v) is 5.93. The molecule has 2 aromatic carbocycles. The molecule has 0 spiro atoms. The van der Waals surface area contributed by atoms with Crippen LogP contribution in [0.25, 0.3) is 0 Å². The van der Waals surface area contributed by atoms with E-state index < -0.39 is 0 Å². The Kier molecular flexibility index (Phi) is 5.73. The summed E-state index contributed by atoms with van der Waals surface area (Å²) in [5, 5.41) is 6.27. The van der Waals surface area contributed by atoms with E-state index in [0.717, 1.165) is 5.69 Å². The van der Waals surface area contributed by atoms with E-state index in [1.165, 1.54) is 11.1 Å². The van der Waals surface area contributed by atoms with Crippen molar-refractivity contribution in [1.82, 2.24) is 5.32 Å². The minimum atomic E-state index is -0.0227. The lowest BCUT2D eigenvalue weighted by Crippen LogP contribution is -2.33. The van der Waals surface area contributed by atoms with Gasteiger partial charge in [-0.15, -0.1) is 0 Å². The van der Waals surface area contributed by atoms with Gasteiger partial charge in [-0.1, -0.05) is 61.9 Å². The van der Waals surface area contributed by atoms with Crippen LogP contribution in [0.4, 0.5) is 5.69 Å². The van der Waals surface area contributed by atoms with Gasteiger partial charge in [-0.2, -0.15) is 0 Å². The summed E-state index contributed by atoms with van der Waals surface area (Å²) in [4.78, 5) is 12.1. The minimum absolute atomic E-state index is 0.0227. The van der Waals surface area contributed by atoms with Crippen molar-refractivity contribution in [2.75, 3.05) is 11.9 Å². The van der Waals surface area contributed by atoms with E-state index in [1.54, 1.807) is 0 Å². The molecule has 0 saturated heterocycles. The lowest BCUT2D eigenvalue weighted by Gasteiger charge is -2.22. The van der Waals surface area contributed by atoms with Crippen molar-refractivity contribution in [2.24, 2.45) is 5.92 Å². The molecule has 2 rings (SSSR count). The number of aryl methyl sites for hydroxylation is 1. The molecule has 22 heavy (non-hydrogen) atoms. The molecule has 1 atom stereocenters. The van der Waals surface area contributed by atoms with E-state index in [9.17, 15) is 4.79 Å². The fraction of sp³-hybridized carbons (Fsp3) is 0.316. The molecule has 3 heteroatoms. The number of rotatable bonds is 6. The Hall–Kier alpha value is -2.13. The van der Waals surface area contributed by atoms with Crippen LogP contribution in [-0.2, 0) is 4.79 Å². The Bertz CT molecular complexity index is 591. The third-order valence-electron chi connectivity index (χ3n) is 3.64. The van der Waals surface area contributed by atoms with Crippen molar-refractivity contribution in [1.29, 1.82) is 0 Å². The van der Waals surface area contributed by atoms with Crippen molar-refractivity contribution < 1.29 is 4.79 Å². The standard InChI is InChI=1S/C19H24N2O/c1-14(2)19(16-7-5-4-6-8-16)20-13-18(22)21-17-11-9-15(3)10-12-17/h4-12,14,19-20H,13H2,1-3H3,(H,21,22)/t19-/m1/s1. The first-order valence-electron chi connectivity index (χ1n) is 7.71. The van der Waals surface area contributed by atoms with E-state index in [2.05, 4.69) is 36.6 Å². The zero-order chi connectivity index (χ0) is 15.9. The van der Waals surface area contributed by atoms with E-state index in [4.69, 9.17) is 0 Å². The fourth-order valence-electron chi connectivity index (χ4n) is 2.44. The van der Waals surface area contributed by atoms with Gasteiger partial charge >= 0.3 is 0 Å². The predicted octanol–water partition coefficient (Wildman–Crippen LogP) is 3.92. The summed E-state index contributed by atoms with van der Waals surface area (Å²) in [5.74, 6) is 0.389. The molecule has 0 saturated carbocycles. The van der Waals surface area contributed by atoms with Crippen molar-refractivity contribution in [3.63, 3.8) is 0 Å². The third-order valence-corrected chi connectivity index (χ3v) is 3.64. The van der Waals surface area contributed by atoms with Gasteiger partial charge in [-0.05, 0) is 30.5 Å². The van der Waals surface area contributed by atoms with E-state index in [-0.39, 0.29) is 11.9 Å². The molecule has 0 aliphatic carbocycles. The highest BCUT2D eigenvalue weighted by Crippen LogP contribution is 2.21. The molecule has 0 unspecified atom stereocenters. The lowest BCUT2D eigenvalue weighted by molar-refractivity contribution is -0.115. The monoisotopic (exact) mass is 296 g/mol. The first-order valence-corrected chi connectivity index (χ1v) is 7.71. The molecule has 0 heterocycles. The molecule has 116 valence electrons. The summed E-state index contributed by atoms with van der Waals surface area (Å²) in [6.45, 7) is 6.64. The lowest BCUT2D eigenvalue weighted by atomic mass is 9.96. The number of amides is 1.